The lowest BCUT2D eigenvalue weighted by Crippen LogP contribution is -1.96. The molecule has 1 heterocycles. The van der Waals surface area contributed by atoms with Crippen LogP contribution in [0.25, 0.3) is 0 Å². The summed E-state index contributed by atoms with van der Waals surface area (Å²) >= 11 is 0. The van der Waals surface area contributed by atoms with Gasteiger partial charge in [-0.1, -0.05) is 0 Å². The third-order valence-electron chi connectivity index (χ3n) is 0.825. The molecular formula is C6H4N2O. The molecule has 0 aliphatic carbocycles. The van der Waals surface area contributed by atoms with Crippen molar-refractivity contribution in [3.05, 3.63) is 30.9 Å². The summed E-state index contributed by atoms with van der Waals surface area (Å²) in [6.07, 6.45) is 1.48. The van der Waals surface area contributed by atoms with Gasteiger partial charge in [0.05, 0.1) is 0 Å². The van der Waals surface area contributed by atoms with Crippen LogP contribution < -0.4 is 0 Å². The van der Waals surface area contributed by atoms with Gasteiger partial charge < -0.3 is 0 Å². The van der Waals surface area contributed by atoms with E-state index >= 15 is 0 Å². The minimum atomic E-state index is -0.553. The summed E-state index contributed by atoms with van der Waals surface area (Å²) in [6.45, 7) is 4.87. The summed E-state index contributed by atoms with van der Waals surface area (Å²) in [7, 11) is 0. The molecule has 0 N–H and O–H groups in total. The van der Waals surface area contributed by atoms with Crippen molar-refractivity contribution in [3.63, 3.8) is 0 Å². The highest BCUT2D eigenvalue weighted by atomic mass is 16.1. The lowest BCUT2D eigenvalue weighted by atomic mass is 10.3. The van der Waals surface area contributed by atoms with Gasteiger partial charge in [0, 0.05) is 13.1 Å². The van der Waals surface area contributed by atoms with Crippen LogP contribution in [0.15, 0.2) is 18.3 Å². The van der Waals surface area contributed by atoms with E-state index in [1.54, 1.807) is 6.07 Å². The summed E-state index contributed by atoms with van der Waals surface area (Å²) in [6, 6.07) is 3.11. The summed E-state index contributed by atoms with van der Waals surface area (Å²) in [5, 5.41) is 6.91. The number of ketones is 1. The van der Waals surface area contributed by atoms with Gasteiger partial charge in [0.2, 0.25) is 0 Å². The number of carbonyl (C=O) groups excluding carboxylic acids is 1. The molecule has 0 aromatic carbocycles. The molecule has 0 saturated heterocycles. The molecule has 0 atom stereocenters. The first-order valence-electron chi connectivity index (χ1n) is 2.38. The zero-order chi connectivity index (χ0) is 6.69. The predicted molar refractivity (Wildman–Crippen MR) is 30.7 cm³/mol. The molecule has 0 amide bonds. The molecule has 3 heteroatoms. The number of rotatable bonds is 1. The Labute approximate surface area is 52.7 Å². The SMILES string of the molecule is [CH]C(=O)c1cccnn1. The number of Topliss-reactive ketones (excluding diaryl/α,β-unsaturated/α-hetero) is 1. The molecule has 1 aromatic heterocycles. The highest BCUT2D eigenvalue weighted by molar-refractivity contribution is 5.97. The zero-order valence-corrected chi connectivity index (χ0v) is 4.61. The highest BCUT2D eigenvalue weighted by Crippen LogP contribution is 1.89. The second-order valence-corrected chi connectivity index (χ2v) is 1.47. The molecule has 0 aliphatic heterocycles. The quantitative estimate of drug-likeness (QED) is 0.503. The van der Waals surface area contributed by atoms with Crippen molar-refractivity contribution < 1.29 is 4.79 Å². The Bertz CT molecular complexity index is 208. The number of aromatic nitrogens is 2. The van der Waals surface area contributed by atoms with Crippen LogP contribution in [0, 0.1) is 6.92 Å². The summed E-state index contributed by atoms with van der Waals surface area (Å²) < 4.78 is 0. The standard InChI is InChI=1S/C6H4N2O/c1-5(9)6-3-2-4-7-8-6/h1-4H. The van der Waals surface area contributed by atoms with Gasteiger partial charge in [0.15, 0.2) is 5.78 Å². The van der Waals surface area contributed by atoms with Crippen LogP contribution in [0.2, 0.25) is 0 Å². The molecule has 0 bridgehead atoms. The van der Waals surface area contributed by atoms with Gasteiger partial charge in [-0.05, 0) is 12.1 Å². The fourth-order valence-corrected chi connectivity index (χ4v) is 0.433. The van der Waals surface area contributed by atoms with Gasteiger partial charge in [-0.25, -0.2) is 0 Å². The van der Waals surface area contributed by atoms with Crippen LogP contribution >= 0.6 is 0 Å². The molecule has 0 saturated carbocycles. The molecule has 0 fully saturated rings. The fourth-order valence-electron chi connectivity index (χ4n) is 0.433. The van der Waals surface area contributed by atoms with Crippen molar-refractivity contribution in [2.24, 2.45) is 0 Å². The Morgan fingerprint density at radius 3 is 2.78 bits per heavy atom. The Morgan fingerprint density at radius 2 is 2.44 bits per heavy atom. The molecule has 0 unspecified atom stereocenters. The highest BCUT2D eigenvalue weighted by Gasteiger charge is 1.96. The first-order valence-corrected chi connectivity index (χ1v) is 2.38. The minimum Gasteiger partial charge on any atom is -0.292 e. The van der Waals surface area contributed by atoms with E-state index in [-0.39, 0.29) is 5.69 Å². The Morgan fingerprint density at radius 1 is 1.67 bits per heavy atom. The van der Waals surface area contributed by atoms with Gasteiger partial charge in [-0.3, -0.25) is 4.79 Å². The topological polar surface area (TPSA) is 42.9 Å². The van der Waals surface area contributed by atoms with E-state index in [1.807, 2.05) is 0 Å². The molecular weight excluding hydrogens is 116 g/mol. The van der Waals surface area contributed by atoms with Crippen LogP contribution in [0.4, 0.5) is 0 Å². The van der Waals surface area contributed by atoms with Crippen molar-refractivity contribution in [2.45, 2.75) is 0 Å². The van der Waals surface area contributed by atoms with Gasteiger partial charge >= 0.3 is 0 Å². The molecule has 1 rings (SSSR count). The summed E-state index contributed by atoms with van der Waals surface area (Å²) in [5.41, 5.74) is 0.192. The molecule has 2 radical (unpaired) electrons. The number of hydrogen-bond donors (Lipinski definition) is 0. The molecule has 3 nitrogen and oxygen atoms in total. The van der Waals surface area contributed by atoms with E-state index in [0.717, 1.165) is 0 Å². The molecule has 9 heavy (non-hydrogen) atoms. The van der Waals surface area contributed by atoms with Crippen molar-refractivity contribution in [2.75, 3.05) is 0 Å². The van der Waals surface area contributed by atoms with E-state index in [2.05, 4.69) is 10.2 Å². The zero-order valence-electron chi connectivity index (χ0n) is 4.61. The number of carbonyl (C=O) groups is 1. The third kappa shape index (κ3) is 1.32. The minimum absolute atomic E-state index is 0.192. The lowest BCUT2D eigenvalue weighted by Gasteiger charge is -1.86. The fraction of sp³-hybridized carbons (Fsp3) is 0. The van der Waals surface area contributed by atoms with Crippen molar-refractivity contribution >= 4 is 5.78 Å². The normalized spacial score (nSPS) is 9.00. The van der Waals surface area contributed by atoms with Crippen molar-refractivity contribution in [1.29, 1.82) is 0 Å². The molecule has 0 aliphatic rings. The lowest BCUT2D eigenvalue weighted by molar-refractivity contribution is 0.103. The van der Waals surface area contributed by atoms with Crippen molar-refractivity contribution in [3.8, 4) is 0 Å². The largest absolute Gasteiger partial charge is 0.292 e. The van der Waals surface area contributed by atoms with Crippen LogP contribution in [0.5, 0.6) is 0 Å². The average Bonchev–Trinajstić information content (AvgIpc) is 1.90. The number of hydrogen-bond acceptors (Lipinski definition) is 3. The maximum absolute atomic E-state index is 10.3. The van der Waals surface area contributed by atoms with E-state index in [1.165, 1.54) is 12.3 Å². The van der Waals surface area contributed by atoms with Gasteiger partial charge in [-0.2, -0.15) is 5.10 Å². The molecule has 1 aromatic rings. The Hall–Kier alpha value is -1.25. The third-order valence-corrected chi connectivity index (χ3v) is 0.825. The monoisotopic (exact) mass is 120 g/mol. The van der Waals surface area contributed by atoms with E-state index in [4.69, 9.17) is 6.92 Å². The molecule has 44 valence electrons. The maximum Gasteiger partial charge on any atom is 0.187 e. The van der Waals surface area contributed by atoms with Crippen LogP contribution in [0.3, 0.4) is 0 Å². The van der Waals surface area contributed by atoms with E-state index < -0.39 is 5.78 Å². The Kier molecular flexibility index (Phi) is 1.53. The Balaban J connectivity index is 2.98. The van der Waals surface area contributed by atoms with E-state index in [0.29, 0.717) is 0 Å². The van der Waals surface area contributed by atoms with Crippen LogP contribution in [-0.4, -0.2) is 16.0 Å². The second kappa shape index (κ2) is 2.35. The van der Waals surface area contributed by atoms with E-state index in [9.17, 15) is 4.79 Å². The van der Waals surface area contributed by atoms with Crippen LogP contribution in [-0.2, 0) is 0 Å². The maximum atomic E-state index is 10.3. The van der Waals surface area contributed by atoms with Gasteiger partial charge in [0.25, 0.3) is 0 Å². The van der Waals surface area contributed by atoms with Crippen LogP contribution in [0.1, 0.15) is 10.5 Å². The summed E-state index contributed by atoms with van der Waals surface area (Å²) in [5.74, 6) is -0.553. The second-order valence-electron chi connectivity index (χ2n) is 1.47. The molecule has 0 spiro atoms. The smallest absolute Gasteiger partial charge is 0.187 e. The van der Waals surface area contributed by atoms with Crippen molar-refractivity contribution in [1.82, 2.24) is 10.2 Å². The first-order chi connectivity index (χ1) is 4.30. The first kappa shape index (κ1) is 5.88. The summed E-state index contributed by atoms with van der Waals surface area (Å²) in [4.78, 5) is 10.3. The average molecular weight is 120 g/mol. The van der Waals surface area contributed by atoms with Gasteiger partial charge in [-0.15, -0.1) is 5.10 Å². The number of nitrogens with zero attached hydrogens (tertiary/aromatic N) is 2. The van der Waals surface area contributed by atoms with Gasteiger partial charge in [0.1, 0.15) is 5.69 Å². The predicted octanol–water partition coefficient (Wildman–Crippen LogP) is 0.370.